The standard InChI is InChI=1S/C18H21NO2/c1-3-7-17(14-8-5-4-6-9-14)18(20)19-15-10-12-16(21-2)13-11-15/h4-6,8-13,17H,3,7H2,1-2H3,(H,19,20)/t17-/m1/s1. The molecule has 2 aromatic rings. The van der Waals surface area contributed by atoms with Crippen molar-refractivity contribution < 1.29 is 9.53 Å². The van der Waals surface area contributed by atoms with Crippen LogP contribution in [0, 0.1) is 0 Å². The highest BCUT2D eigenvalue weighted by atomic mass is 16.5. The molecular weight excluding hydrogens is 262 g/mol. The van der Waals surface area contributed by atoms with E-state index in [4.69, 9.17) is 4.74 Å². The first-order valence-corrected chi connectivity index (χ1v) is 7.24. The third kappa shape index (κ3) is 4.09. The van der Waals surface area contributed by atoms with E-state index in [0.717, 1.165) is 29.8 Å². The van der Waals surface area contributed by atoms with Crippen molar-refractivity contribution in [2.75, 3.05) is 12.4 Å². The molecule has 2 rings (SSSR count). The minimum atomic E-state index is -0.113. The molecular formula is C18H21NO2. The summed E-state index contributed by atoms with van der Waals surface area (Å²) in [5, 5.41) is 2.98. The van der Waals surface area contributed by atoms with Crippen LogP contribution in [0.4, 0.5) is 5.69 Å². The lowest BCUT2D eigenvalue weighted by Gasteiger charge is -2.16. The Kier molecular flexibility index (Phi) is 5.38. The minimum absolute atomic E-state index is 0.0354. The first-order chi connectivity index (χ1) is 10.2. The number of carbonyl (C=O) groups excluding carboxylic acids is 1. The topological polar surface area (TPSA) is 38.3 Å². The summed E-state index contributed by atoms with van der Waals surface area (Å²) in [6.45, 7) is 2.09. The van der Waals surface area contributed by atoms with E-state index < -0.39 is 0 Å². The summed E-state index contributed by atoms with van der Waals surface area (Å²) in [6.07, 6.45) is 1.81. The number of carbonyl (C=O) groups is 1. The SMILES string of the molecule is CCC[C@@H](C(=O)Nc1ccc(OC)cc1)c1ccccc1. The van der Waals surface area contributed by atoms with Crippen LogP contribution in [0.2, 0.25) is 0 Å². The summed E-state index contributed by atoms with van der Waals surface area (Å²) in [7, 11) is 1.63. The molecule has 0 spiro atoms. The number of ether oxygens (including phenoxy) is 1. The second kappa shape index (κ2) is 7.48. The van der Waals surface area contributed by atoms with Crippen molar-refractivity contribution in [2.24, 2.45) is 0 Å². The summed E-state index contributed by atoms with van der Waals surface area (Å²) in [4.78, 5) is 12.5. The molecule has 0 aliphatic heterocycles. The first kappa shape index (κ1) is 15.1. The second-order valence-corrected chi connectivity index (χ2v) is 4.97. The van der Waals surface area contributed by atoms with E-state index in [1.54, 1.807) is 7.11 Å². The lowest BCUT2D eigenvalue weighted by Crippen LogP contribution is -2.21. The van der Waals surface area contributed by atoms with E-state index in [2.05, 4.69) is 12.2 Å². The van der Waals surface area contributed by atoms with Gasteiger partial charge in [-0.3, -0.25) is 4.79 Å². The molecule has 0 saturated heterocycles. The Hall–Kier alpha value is -2.29. The Balaban J connectivity index is 2.11. The molecule has 0 unspecified atom stereocenters. The second-order valence-electron chi connectivity index (χ2n) is 4.97. The summed E-state index contributed by atoms with van der Waals surface area (Å²) < 4.78 is 5.12. The van der Waals surface area contributed by atoms with Gasteiger partial charge >= 0.3 is 0 Å². The van der Waals surface area contributed by atoms with Gasteiger partial charge in [-0.15, -0.1) is 0 Å². The molecule has 0 heterocycles. The Morgan fingerprint density at radius 2 is 1.76 bits per heavy atom. The maximum absolute atomic E-state index is 12.5. The lowest BCUT2D eigenvalue weighted by atomic mass is 9.93. The Morgan fingerprint density at radius 1 is 1.10 bits per heavy atom. The zero-order valence-corrected chi connectivity index (χ0v) is 12.5. The molecule has 0 aliphatic rings. The van der Waals surface area contributed by atoms with Crippen LogP contribution in [-0.4, -0.2) is 13.0 Å². The maximum atomic E-state index is 12.5. The lowest BCUT2D eigenvalue weighted by molar-refractivity contribution is -0.117. The average Bonchev–Trinajstić information content (AvgIpc) is 2.54. The predicted molar refractivity (Wildman–Crippen MR) is 85.7 cm³/mol. The molecule has 2 aromatic carbocycles. The molecule has 0 radical (unpaired) electrons. The summed E-state index contributed by atoms with van der Waals surface area (Å²) in [5.41, 5.74) is 1.85. The van der Waals surface area contributed by atoms with Gasteiger partial charge in [0, 0.05) is 5.69 Å². The van der Waals surface area contributed by atoms with Gasteiger partial charge in [-0.2, -0.15) is 0 Å². The number of methoxy groups -OCH3 is 1. The monoisotopic (exact) mass is 283 g/mol. The van der Waals surface area contributed by atoms with Crippen LogP contribution in [0.15, 0.2) is 54.6 Å². The van der Waals surface area contributed by atoms with Crippen molar-refractivity contribution in [3.63, 3.8) is 0 Å². The number of amides is 1. The van der Waals surface area contributed by atoms with Gasteiger partial charge in [0.05, 0.1) is 13.0 Å². The van der Waals surface area contributed by atoms with Crippen molar-refractivity contribution in [3.05, 3.63) is 60.2 Å². The fourth-order valence-corrected chi connectivity index (χ4v) is 2.33. The van der Waals surface area contributed by atoms with Crippen LogP contribution in [0.3, 0.4) is 0 Å². The molecule has 0 aromatic heterocycles. The Labute approximate surface area is 126 Å². The molecule has 3 nitrogen and oxygen atoms in total. The molecule has 1 atom stereocenters. The molecule has 0 fully saturated rings. The largest absolute Gasteiger partial charge is 0.497 e. The third-order valence-corrected chi connectivity index (χ3v) is 3.45. The third-order valence-electron chi connectivity index (χ3n) is 3.45. The average molecular weight is 283 g/mol. The first-order valence-electron chi connectivity index (χ1n) is 7.24. The van der Waals surface area contributed by atoms with Gasteiger partial charge < -0.3 is 10.1 Å². The molecule has 0 bridgehead atoms. The van der Waals surface area contributed by atoms with Crippen molar-refractivity contribution in [1.29, 1.82) is 0 Å². The van der Waals surface area contributed by atoms with Gasteiger partial charge in [-0.05, 0) is 36.2 Å². The number of anilines is 1. The van der Waals surface area contributed by atoms with Gasteiger partial charge in [-0.25, -0.2) is 0 Å². The van der Waals surface area contributed by atoms with Crippen LogP contribution in [-0.2, 0) is 4.79 Å². The molecule has 110 valence electrons. The zero-order chi connectivity index (χ0) is 15.1. The maximum Gasteiger partial charge on any atom is 0.231 e. The van der Waals surface area contributed by atoms with E-state index in [-0.39, 0.29) is 11.8 Å². The molecule has 1 amide bonds. The van der Waals surface area contributed by atoms with Crippen LogP contribution in [0.25, 0.3) is 0 Å². The zero-order valence-electron chi connectivity index (χ0n) is 12.5. The van der Waals surface area contributed by atoms with Gasteiger partial charge in [0.15, 0.2) is 0 Å². The highest BCUT2D eigenvalue weighted by molar-refractivity contribution is 5.95. The van der Waals surface area contributed by atoms with Crippen molar-refractivity contribution in [2.45, 2.75) is 25.7 Å². The minimum Gasteiger partial charge on any atom is -0.497 e. The summed E-state index contributed by atoms with van der Waals surface area (Å²) >= 11 is 0. The Morgan fingerprint density at radius 3 is 2.33 bits per heavy atom. The van der Waals surface area contributed by atoms with Crippen molar-refractivity contribution in [1.82, 2.24) is 0 Å². The normalized spacial score (nSPS) is 11.7. The van der Waals surface area contributed by atoms with E-state index in [1.165, 1.54) is 0 Å². The number of nitrogens with one attached hydrogen (secondary N) is 1. The summed E-state index contributed by atoms with van der Waals surface area (Å²) in [5.74, 6) is 0.702. The van der Waals surface area contributed by atoms with Gasteiger partial charge in [0.2, 0.25) is 5.91 Å². The molecule has 0 aliphatic carbocycles. The van der Waals surface area contributed by atoms with Crippen LogP contribution >= 0.6 is 0 Å². The molecule has 3 heteroatoms. The smallest absolute Gasteiger partial charge is 0.231 e. The number of hydrogen-bond donors (Lipinski definition) is 1. The van der Waals surface area contributed by atoms with Crippen molar-refractivity contribution in [3.8, 4) is 5.75 Å². The van der Waals surface area contributed by atoms with Gasteiger partial charge in [0.25, 0.3) is 0 Å². The number of rotatable bonds is 6. The molecule has 0 saturated carbocycles. The van der Waals surface area contributed by atoms with E-state index in [0.29, 0.717) is 0 Å². The van der Waals surface area contributed by atoms with E-state index >= 15 is 0 Å². The summed E-state index contributed by atoms with van der Waals surface area (Å²) in [6, 6.07) is 17.3. The van der Waals surface area contributed by atoms with E-state index in [9.17, 15) is 4.79 Å². The predicted octanol–water partition coefficient (Wildman–Crippen LogP) is 4.22. The van der Waals surface area contributed by atoms with Gasteiger partial charge in [-0.1, -0.05) is 43.7 Å². The van der Waals surface area contributed by atoms with Crippen LogP contribution in [0.1, 0.15) is 31.2 Å². The fraction of sp³-hybridized carbons (Fsp3) is 0.278. The highest BCUT2D eigenvalue weighted by Gasteiger charge is 2.19. The highest BCUT2D eigenvalue weighted by Crippen LogP contribution is 2.24. The number of hydrogen-bond acceptors (Lipinski definition) is 2. The molecule has 21 heavy (non-hydrogen) atoms. The van der Waals surface area contributed by atoms with Crippen LogP contribution < -0.4 is 10.1 Å². The van der Waals surface area contributed by atoms with Crippen molar-refractivity contribution >= 4 is 11.6 Å². The fourth-order valence-electron chi connectivity index (χ4n) is 2.33. The Bertz CT molecular complexity index is 564. The van der Waals surface area contributed by atoms with E-state index in [1.807, 2.05) is 54.6 Å². The number of benzene rings is 2. The van der Waals surface area contributed by atoms with Crippen LogP contribution in [0.5, 0.6) is 5.75 Å². The quantitative estimate of drug-likeness (QED) is 0.862. The van der Waals surface area contributed by atoms with Gasteiger partial charge in [0.1, 0.15) is 5.75 Å². The molecule has 1 N–H and O–H groups in total.